The van der Waals surface area contributed by atoms with Crippen LogP contribution in [0.15, 0.2) is 12.5 Å². The highest BCUT2D eigenvalue weighted by atomic mass is 15.4. The zero-order valence-corrected chi connectivity index (χ0v) is 12.3. The van der Waals surface area contributed by atoms with E-state index in [9.17, 15) is 0 Å². The summed E-state index contributed by atoms with van der Waals surface area (Å²) in [7, 11) is 0. The highest BCUT2D eigenvalue weighted by Crippen LogP contribution is 2.20. The Morgan fingerprint density at radius 2 is 2.10 bits per heavy atom. The van der Waals surface area contributed by atoms with Crippen LogP contribution in [0, 0.1) is 0 Å². The van der Waals surface area contributed by atoms with E-state index < -0.39 is 0 Å². The molecule has 2 heterocycles. The lowest BCUT2D eigenvalue weighted by Gasteiger charge is -2.13. The minimum Gasteiger partial charge on any atom is -0.332 e. The SMILES string of the molecule is c1c(CNC2CC2)nnn1CCn1cnc2c1CCCC2. The Labute approximate surface area is 124 Å². The maximum absolute atomic E-state index is 4.54. The fraction of sp³-hybridized carbons (Fsp3) is 0.667. The molecule has 0 aromatic carbocycles. The van der Waals surface area contributed by atoms with Crippen LogP contribution < -0.4 is 5.32 Å². The molecule has 2 aromatic rings. The Morgan fingerprint density at radius 1 is 1.19 bits per heavy atom. The fourth-order valence-electron chi connectivity index (χ4n) is 3.00. The van der Waals surface area contributed by atoms with E-state index >= 15 is 0 Å². The van der Waals surface area contributed by atoms with E-state index in [0.717, 1.165) is 31.7 Å². The second-order valence-corrected chi connectivity index (χ2v) is 6.17. The van der Waals surface area contributed by atoms with Crippen molar-refractivity contribution in [2.24, 2.45) is 0 Å². The quantitative estimate of drug-likeness (QED) is 0.869. The van der Waals surface area contributed by atoms with Crippen LogP contribution >= 0.6 is 0 Å². The van der Waals surface area contributed by atoms with Crippen LogP contribution in [0.2, 0.25) is 0 Å². The van der Waals surface area contributed by atoms with Crippen LogP contribution in [-0.2, 0) is 32.5 Å². The summed E-state index contributed by atoms with van der Waals surface area (Å²) in [5, 5.41) is 11.9. The van der Waals surface area contributed by atoms with Crippen molar-refractivity contribution in [3.8, 4) is 0 Å². The first-order valence-corrected chi connectivity index (χ1v) is 8.04. The molecule has 0 radical (unpaired) electrons. The van der Waals surface area contributed by atoms with Gasteiger partial charge in [-0.05, 0) is 38.5 Å². The number of nitrogens with zero attached hydrogens (tertiary/aromatic N) is 5. The lowest BCUT2D eigenvalue weighted by Crippen LogP contribution is -2.15. The van der Waals surface area contributed by atoms with Crippen molar-refractivity contribution in [1.82, 2.24) is 29.9 Å². The fourth-order valence-corrected chi connectivity index (χ4v) is 3.00. The van der Waals surface area contributed by atoms with Crippen molar-refractivity contribution in [3.63, 3.8) is 0 Å². The molecule has 0 atom stereocenters. The van der Waals surface area contributed by atoms with E-state index in [1.807, 2.05) is 11.0 Å². The molecule has 21 heavy (non-hydrogen) atoms. The molecular formula is C15H22N6. The first-order valence-electron chi connectivity index (χ1n) is 8.04. The first kappa shape index (κ1) is 13.0. The predicted molar refractivity (Wildman–Crippen MR) is 78.8 cm³/mol. The van der Waals surface area contributed by atoms with Crippen molar-refractivity contribution in [3.05, 3.63) is 29.6 Å². The maximum atomic E-state index is 4.54. The summed E-state index contributed by atoms with van der Waals surface area (Å²) < 4.78 is 4.23. The van der Waals surface area contributed by atoms with Crippen molar-refractivity contribution < 1.29 is 0 Å². The second kappa shape index (κ2) is 5.60. The lowest BCUT2D eigenvalue weighted by molar-refractivity contribution is 0.502. The molecule has 0 saturated heterocycles. The Bertz CT molecular complexity index is 609. The summed E-state index contributed by atoms with van der Waals surface area (Å²) in [6.07, 6.45) is 11.5. The molecule has 1 fully saturated rings. The topological polar surface area (TPSA) is 60.6 Å². The van der Waals surface area contributed by atoms with Gasteiger partial charge in [-0.3, -0.25) is 4.68 Å². The van der Waals surface area contributed by atoms with Gasteiger partial charge in [0.25, 0.3) is 0 Å². The number of hydrogen-bond acceptors (Lipinski definition) is 4. The van der Waals surface area contributed by atoms with Crippen molar-refractivity contribution >= 4 is 0 Å². The molecule has 112 valence electrons. The Morgan fingerprint density at radius 3 is 3.00 bits per heavy atom. The van der Waals surface area contributed by atoms with Crippen molar-refractivity contribution in [1.29, 1.82) is 0 Å². The molecule has 2 aliphatic carbocycles. The molecule has 1 N–H and O–H groups in total. The molecule has 0 unspecified atom stereocenters. The third kappa shape index (κ3) is 3.00. The van der Waals surface area contributed by atoms with Gasteiger partial charge in [-0.25, -0.2) is 4.98 Å². The molecule has 0 spiro atoms. The summed E-state index contributed by atoms with van der Waals surface area (Å²) in [6.45, 7) is 2.63. The number of aromatic nitrogens is 5. The van der Waals surface area contributed by atoms with Gasteiger partial charge in [-0.1, -0.05) is 5.21 Å². The summed E-state index contributed by atoms with van der Waals surface area (Å²) >= 11 is 0. The normalized spacial score (nSPS) is 17.9. The Hall–Kier alpha value is -1.69. The van der Waals surface area contributed by atoms with E-state index in [2.05, 4.69) is 31.4 Å². The standard InChI is InChI=1S/C15H22N6/c1-2-4-15-14(3-1)17-11-20(15)7-8-21-10-13(18-19-21)9-16-12-5-6-12/h10-12,16H,1-9H2. The maximum Gasteiger partial charge on any atom is 0.0964 e. The zero-order valence-electron chi connectivity index (χ0n) is 12.3. The van der Waals surface area contributed by atoms with E-state index in [1.165, 1.54) is 43.5 Å². The van der Waals surface area contributed by atoms with Crippen LogP contribution in [0.3, 0.4) is 0 Å². The van der Waals surface area contributed by atoms with Crippen LogP contribution in [0.5, 0.6) is 0 Å². The number of rotatable bonds is 6. The van der Waals surface area contributed by atoms with Gasteiger partial charge in [-0.2, -0.15) is 0 Å². The van der Waals surface area contributed by atoms with Gasteiger partial charge in [-0.15, -0.1) is 5.10 Å². The van der Waals surface area contributed by atoms with E-state index in [1.54, 1.807) is 0 Å². The number of hydrogen-bond donors (Lipinski definition) is 1. The summed E-state index contributed by atoms with van der Waals surface area (Å²) in [6, 6.07) is 0.715. The molecular weight excluding hydrogens is 264 g/mol. The third-order valence-electron chi connectivity index (χ3n) is 4.42. The second-order valence-electron chi connectivity index (χ2n) is 6.17. The van der Waals surface area contributed by atoms with Gasteiger partial charge in [0.1, 0.15) is 0 Å². The number of fused-ring (bicyclic) bond motifs is 1. The summed E-state index contributed by atoms with van der Waals surface area (Å²) in [5.74, 6) is 0. The van der Waals surface area contributed by atoms with Gasteiger partial charge in [0, 0.05) is 31.0 Å². The van der Waals surface area contributed by atoms with Gasteiger partial charge in [0.15, 0.2) is 0 Å². The third-order valence-corrected chi connectivity index (χ3v) is 4.42. The van der Waals surface area contributed by atoms with E-state index in [-0.39, 0.29) is 0 Å². The predicted octanol–water partition coefficient (Wildman–Crippen LogP) is 1.31. The Balaban J connectivity index is 1.34. The molecule has 6 heteroatoms. The molecule has 1 saturated carbocycles. The summed E-state index contributed by atoms with van der Waals surface area (Å²) in [5.41, 5.74) is 3.76. The van der Waals surface area contributed by atoms with Crippen molar-refractivity contribution in [2.75, 3.05) is 0 Å². The van der Waals surface area contributed by atoms with Gasteiger partial charge in [0.2, 0.25) is 0 Å². The molecule has 6 nitrogen and oxygen atoms in total. The van der Waals surface area contributed by atoms with Crippen LogP contribution in [0.4, 0.5) is 0 Å². The minimum absolute atomic E-state index is 0.715. The minimum atomic E-state index is 0.715. The van der Waals surface area contributed by atoms with E-state index in [4.69, 9.17) is 0 Å². The average molecular weight is 286 g/mol. The molecule has 0 bridgehead atoms. The van der Waals surface area contributed by atoms with Crippen LogP contribution in [0.1, 0.15) is 42.8 Å². The lowest BCUT2D eigenvalue weighted by atomic mass is 10.0. The molecule has 2 aromatic heterocycles. The van der Waals surface area contributed by atoms with Gasteiger partial charge >= 0.3 is 0 Å². The van der Waals surface area contributed by atoms with Gasteiger partial charge < -0.3 is 9.88 Å². The number of nitrogens with one attached hydrogen (secondary N) is 1. The molecule has 2 aliphatic rings. The average Bonchev–Trinajstić information content (AvgIpc) is 3.09. The Kier molecular flexibility index (Phi) is 3.47. The first-order chi connectivity index (χ1) is 10.4. The smallest absolute Gasteiger partial charge is 0.0964 e. The summed E-state index contributed by atoms with van der Waals surface area (Å²) in [4.78, 5) is 4.54. The highest BCUT2D eigenvalue weighted by molar-refractivity contribution is 5.16. The molecule has 0 aliphatic heterocycles. The van der Waals surface area contributed by atoms with Crippen LogP contribution in [-0.4, -0.2) is 30.6 Å². The van der Waals surface area contributed by atoms with E-state index in [0.29, 0.717) is 6.04 Å². The molecule has 0 amide bonds. The van der Waals surface area contributed by atoms with Crippen molar-refractivity contribution in [2.45, 2.75) is 64.2 Å². The molecule has 4 rings (SSSR count). The zero-order chi connectivity index (χ0) is 14.1. The highest BCUT2D eigenvalue weighted by Gasteiger charge is 2.20. The van der Waals surface area contributed by atoms with Gasteiger partial charge in [0.05, 0.1) is 24.3 Å². The largest absolute Gasteiger partial charge is 0.332 e. The monoisotopic (exact) mass is 286 g/mol. The number of imidazole rings is 1. The number of aryl methyl sites for hydroxylation is 3. The van der Waals surface area contributed by atoms with Crippen LogP contribution in [0.25, 0.3) is 0 Å².